The standard InChI is InChI=1S/C22H24BrN3O2/c1-14-12-16(8-10-18(14)23)24-21(27)15-7-9-17-19(13-15)25(2)20-6-4-3-5-11-26(20)22(17)28/h7-10,12-13,20H,3-6,11H2,1-2H3,(H,24,27)/t20-/m0/s1. The maximum absolute atomic E-state index is 13.0. The summed E-state index contributed by atoms with van der Waals surface area (Å²) in [6.07, 6.45) is 4.38. The molecule has 0 saturated carbocycles. The lowest BCUT2D eigenvalue weighted by Gasteiger charge is -2.43. The average Bonchev–Trinajstić information content (AvgIpc) is 2.95. The number of hydrogen-bond acceptors (Lipinski definition) is 3. The molecule has 0 radical (unpaired) electrons. The van der Waals surface area contributed by atoms with Crippen molar-refractivity contribution in [2.45, 2.75) is 38.8 Å². The van der Waals surface area contributed by atoms with Crippen molar-refractivity contribution in [3.8, 4) is 0 Å². The van der Waals surface area contributed by atoms with E-state index in [1.807, 2.05) is 43.1 Å². The molecule has 2 heterocycles. The summed E-state index contributed by atoms with van der Waals surface area (Å²) in [7, 11) is 2.02. The van der Waals surface area contributed by atoms with E-state index in [9.17, 15) is 9.59 Å². The van der Waals surface area contributed by atoms with Crippen molar-refractivity contribution in [1.82, 2.24) is 4.90 Å². The first kappa shape index (κ1) is 19.0. The van der Waals surface area contributed by atoms with Gasteiger partial charge in [-0.15, -0.1) is 0 Å². The maximum Gasteiger partial charge on any atom is 0.257 e. The second-order valence-electron chi connectivity index (χ2n) is 7.59. The fourth-order valence-corrected chi connectivity index (χ4v) is 4.36. The van der Waals surface area contributed by atoms with Gasteiger partial charge in [-0.05, 0) is 68.1 Å². The molecule has 6 heteroatoms. The summed E-state index contributed by atoms with van der Waals surface area (Å²) in [5.41, 5.74) is 3.88. The highest BCUT2D eigenvalue weighted by Gasteiger charge is 2.36. The topological polar surface area (TPSA) is 52.7 Å². The van der Waals surface area contributed by atoms with E-state index < -0.39 is 0 Å². The van der Waals surface area contributed by atoms with Gasteiger partial charge in [-0.2, -0.15) is 0 Å². The molecule has 2 aliphatic heterocycles. The molecule has 0 aliphatic carbocycles. The summed E-state index contributed by atoms with van der Waals surface area (Å²) in [6.45, 7) is 2.79. The van der Waals surface area contributed by atoms with Crippen LogP contribution < -0.4 is 10.2 Å². The molecule has 5 nitrogen and oxygen atoms in total. The van der Waals surface area contributed by atoms with E-state index in [0.29, 0.717) is 11.1 Å². The predicted molar refractivity (Wildman–Crippen MR) is 115 cm³/mol. The number of anilines is 2. The lowest BCUT2D eigenvalue weighted by Crippen LogP contribution is -2.53. The zero-order valence-corrected chi connectivity index (χ0v) is 17.8. The van der Waals surface area contributed by atoms with Crippen molar-refractivity contribution in [3.63, 3.8) is 0 Å². The van der Waals surface area contributed by atoms with Gasteiger partial charge >= 0.3 is 0 Å². The van der Waals surface area contributed by atoms with Gasteiger partial charge in [-0.3, -0.25) is 9.59 Å². The molecule has 0 aromatic heterocycles. The smallest absolute Gasteiger partial charge is 0.257 e. The molecule has 0 bridgehead atoms. The first-order valence-electron chi connectivity index (χ1n) is 9.71. The average molecular weight is 442 g/mol. The number of benzene rings is 2. The lowest BCUT2D eigenvalue weighted by atomic mass is 10.0. The van der Waals surface area contributed by atoms with Gasteiger partial charge < -0.3 is 15.1 Å². The van der Waals surface area contributed by atoms with E-state index in [4.69, 9.17) is 0 Å². The van der Waals surface area contributed by atoms with Crippen molar-refractivity contribution in [2.24, 2.45) is 0 Å². The molecule has 0 unspecified atom stereocenters. The molecule has 4 rings (SSSR count). The van der Waals surface area contributed by atoms with E-state index in [1.165, 1.54) is 0 Å². The molecule has 2 aliphatic rings. The van der Waals surface area contributed by atoms with Crippen LogP contribution in [-0.2, 0) is 0 Å². The van der Waals surface area contributed by atoms with Crippen LogP contribution in [0.2, 0.25) is 0 Å². The zero-order valence-electron chi connectivity index (χ0n) is 16.2. The van der Waals surface area contributed by atoms with Crippen LogP contribution in [0.1, 0.15) is 52.0 Å². The van der Waals surface area contributed by atoms with Gasteiger partial charge in [-0.25, -0.2) is 0 Å². The normalized spacial score (nSPS) is 19.0. The summed E-state index contributed by atoms with van der Waals surface area (Å²) in [5, 5.41) is 2.95. The van der Waals surface area contributed by atoms with Crippen LogP contribution in [0.5, 0.6) is 0 Å². The summed E-state index contributed by atoms with van der Waals surface area (Å²) in [6, 6.07) is 11.1. The number of rotatable bonds is 2. The van der Waals surface area contributed by atoms with Crippen molar-refractivity contribution in [1.29, 1.82) is 0 Å². The maximum atomic E-state index is 13.0. The predicted octanol–water partition coefficient (Wildman–Crippen LogP) is 4.80. The van der Waals surface area contributed by atoms with Crippen molar-refractivity contribution in [3.05, 3.63) is 57.6 Å². The van der Waals surface area contributed by atoms with E-state index in [-0.39, 0.29) is 18.0 Å². The number of carbonyl (C=O) groups excluding carboxylic acids is 2. The number of hydrogen-bond donors (Lipinski definition) is 1. The molecule has 1 N–H and O–H groups in total. The van der Waals surface area contributed by atoms with E-state index in [2.05, 4.69) is 26.1 Å². The number of aryl methyl sites for hydroxylation is 1. The number of fused-ring (bicyclic) bond motifs is 2. The van der Waals surface area contributed by atoms with Crippen LogP contribution in [0.25, 0.3) is 0 Å². The molecular formula is C22H24BrN3O2. The van der Waals surface area contributed by atoms with Gasteiger partial charge in [0.15, 0.2) is 0 Å². The van der Waals surface area contributed by atoms with Gasteiger partial charge in [0.1, 0.15) is 6.17 Å². The van der Waals surface area contributed by atoms with Gasteiger partial charge in [0, 0.05) is 29.3 Å². The number of nitrogens with one attached hydrogen (secondary N) is 1. The Balaban J connectivity index is 1.62. The zero-order chi connectivity index (χ0) is 19.8. The van der Waals surface area contributed by atoms with Crippen LogP contribution >= 0.6 is 15.9 Å². The summed E-state index contributed by atoms with van der Waals surface area (Å²) < 4.78 is 1.01. The molecule has 2 aromatic carbocycles. The molecule has 1 fully saturated rings. The first-order valence-corrected chi connectivity index (χ1v) is 10.5. The Morgan fingerprint density at radius 3 is 2.75 bits per heavy atom. The summed E-state index contributed by atoms with van der Waals surface area (Å²) in [4.78, 5) is 29.9. The van der Waals surface area contributed by atoms with E-state index >= 15 is 0 Å². The molecule has 2 amide bonds. The van der Waals surface area contributed by atoms with E-state index in [1.54, 1.807) is 12.1 Å². The number of halogens is 1. The Bertz CT molecular complexity index is 943. The molecule has 2 aromatic rings. The third-order valence-corrected chi connectivity index (χ3v) is 6.60. The summed E-state index contributed by atoms with van der Waals surface area (Å²) in [5.74, 6) is -0.0934. The number of carbonyl (C=O) groups is 2. The van der Waals surface area contributed by atoms with Gasteiger partial charge in [-0.1, -0.05) is 22.4 Å². The third kappa shape index (κ3) is 3.41. The second-order valence-corrected chi connectivity index (χ2v) is 8.44. The SMILES string of the molecule is Cc1cc(NC(=O)c2ccc3c(c2)N(C)[C@@H]2CCCCCN2C3=O)ccc1Br. The fourth-order valence-electron chi connectivity index (χ4n) is 4.12. The largest absolute Gasteiger partial charge is 0.354 e. The van der Waals surface area contributed by atoms with Gasteiger partial charge in [0.2, 0.25) is 0 Å². The first-order chi connectivity index (χ1) is 13.5. The monoisotopic (exact) mass is 441 g/mol. The molecule has 1 atom stereocenters. The minimum absolute atomic E-state index is 0.0786. The van der Waals surface area contributed by atoms with Gasteiger partial charge in [0.25, 0.3) is 11.8 Å². The van der Waals surface area contributed by atoms with Crippen molar-refractivity contribution < 1.29 is 9.59 Å². The molecule has 1 saturated heterocycles. The summed E-state index contributed by atoms with van der Waals surface area (Å²) >= 11 is 3.47. The Kier molecular flexibility index (Phi) is 5.15. The molecular weight excluding hydrogens is 418 g/mol. The Morgan fingerprint density at radius 1 is 1.14 bits per heavy atom. The Labute approximate surface area is 173 Å². The minimum Gasteiger partial charge on any atom is -0.354 e. The van der Waals surface area contributed by atoms with Crippen molar-refractivity contribution in [2.75, 3.05) is 23.8 Å². The fraction of sp³-hybridized carbons (Fsp3) is 0.364. The van der Waals surface area contributed by atoms with Gasteiger partial charge in [0.05, 0.1) is 11.3 Å². The quantitative estimate of drug-likeness (QED) is 0.727. The Morgan fingerprint density at radius 2 is 1.96 bits per heavy atom. The molecule has 0 spiro atoms. The lowest BCUT2D eigenvalue weighted by molar-refractivity contribution is 0.0661. The minimum atomic E-state index is -0.173. The molecule has 146 valence electrons. The molecule has 28 heavy (non-hydrogen) atoms. The Hall–Kier alpha value is -2.34. The van der Waals surface area contributed by atoms with Crippen molar-refractivity contribution >= 4 is 39.1 Å². The van der Waals surface area contributed by atoms with Crippen LogP contribution in [0.3, 0.4) is 0 Å². The highest BCUT2D eigenvalue weighted by molar-refractivity contribution is 9.10. The van der Waals surface area contributed by atoms with Crippen LogP contribution in [0, 0.1) is 6.92 Å². The highest BCUT2D eigenvalue weighted by atomic mass is 79.9. The van der Waals surface area contributed by atoms with Crippen LogP contribution in [0.4, 0.5) is 11.4 Å². The van der Waals surface area contributed by atoms with Crippen LogP contribution in [0.15, 0.2) is 40.9 Å². The van der Waals surface area contributed by atoms with Crippen LogP contribution in [-0.4, -0.2) is 36.5 Å². The highest BCUT2D eigenvalue weighted by Crippen LogP contribution is 2.34. The van der Waals surface area contributed by atoms with E-state index in [0.717, 1.165) is 53.6 Å². The third-order valence-electron chi connectivity index (χ3n) is 5.72. The number of amides is 2. The second kappa shape index (κ2) is 7.59. The number of nitrogens with zero attached hydrogens (tertiary/aromatic N) is 2.